The summed E-state index contributed by atoms with van der Waals surface area (Å²) in [6, 6.07) is 0.876. The Morgan fingerprint density at radius 3 is 2.82 bits per heavy atom. The van der Waals surface area contributed by atoms with E-state index in [2.05, 4.69) is 10.2 Å². The van der Waals surface area contributed by atoms with Gasteiger partial charge < -0.3 is 9.64 Å². The van der Waals surface area contributed by atoms with Gasteiger partial charge in [-0.2, -0.15) is 18.3 Å². The molecular weight excluding hydrogens is 235 g/mol. The molecule has 0 radical (unpaired) electrons. The Bertz CT molecular complexity index is 397. The van der Waals surface area contributed by atoms with Crippen LogP contribution in [0.4, 0.5) is 13.2 Å². The Morgan fingerprint density at radius 2 is 2.24 bits per heavy atom. The highest BCUT2D eigenvalue weighted by Gasteiger charge is 2.36. The highest BCUT2D eigenvalue weighted by atomic mass is 19.4. The van der Waals surface area contributed by atoms with Crippen molar-refractivity contribution in [1.29, 1.82) is 0 Å². The fourth-order valence-electron chi connectivity index (χ4n) is 1.77. The van der Waals surface area contributed by atoms with Gasteiger partial charge in [-0.05, 0) is 19.5 Å². The molecule has 0 aliphatic carbocycles. The molecule has 17 heavy (non-hydrogen) atoms. The Hall–Kier alpha value is -1.37. The number of likely N-dealkylation sites (N-methyl/N-ethyl adjacent to an activating group) is 1. The van der Waals surface area contributed by atoms with Crippen molar-refractivity contribution in [3.8, 4) is 5.88 Å². The van der Waals surface area contributed by atoms with Crippen molar-refractivity contribution < 1.29 is 17.9 Å². The first-order chi connectivity index (χ1) is 7.97. The monoisotopic (exact) mass is 247 g/mol. The molecule has 1 saturated heterocycles. The van der Waals surface area contributed by atoms with Crippen LogP contribution in [-0.2, 0) is 6.18 Å². The Balaban J connectivity index is 2.15. The predicted molar refractivity (Wildman–Crippen MR) is 53.6 cm³/mol. The summed E-state index contributed by atoms with van der Waals surface area (Å²) in [7, 11) is 1.89. The van der Waals surface area contributed by atoms with Gasteiger partial charge in [-0.25, -0.2) is 0 Å². The minimum Gasteiger partial charge on any atom is -0.471 e. The van der Waals surface area contributed by atoms with Crippen LogP contribution in [0.2, 0.25) is 0 Å². The number of hydrogen-bond acceptors (Lipinski definition) is 4. The van der Waals surface area contributed by atoms with Crippen LogP contribution in [0.5, 0.6) is 5.88 Å². The third-order valence-electron chi connectivity index (χ3n) is 2.62. The predicted octanol–water partition coefficient (Wildman–Crippen LogP) is 1.58. The van der Waals surface area contributed by atoms with E-state index in [4.69, 9.17) is 4.74 Å². The summed E-state index contributed by atoms with van der Waals surface area (Å²) in [4.78, 5) is 1.99. The van der Waals surface area contributed by atoms with Gasteiger partial charge in [0.05, 0.1) is 6.20 Å². The lowest BCUT2D eigenvalue weighted by atomic mass is 10.3. The van der Waals surface area contributed by atoms with E-state index in [1.54, 1.807) is 0 Å². The van der Waals surface area contributed by atoms with Gasteiger partial charge in [0.15, 0.2) is 0 Å². The summed E-state index contributed by atoms with van der Waals surface area (Å²) in [6.45, 7) is 1.42. The van der Waals surface area contributed by atoms with Crippen molar-refractivity contribution in [3.63, 3.8) is 0 Å². The van der Waals surface area contributed by atoms with Crippen molar-refractivity contribution in [2.45, 2.75) is 18.7 Å². The minimum atomic E-state index is -4.46. The molecule has 7 heteroatoms. The molecule has 1 unspecified atom stereocenters. The summed E-state index contributed by atoms with van der Waals surface area (Å²) < 4.78 is 43.2. The van der Waals surface area contributed by atoms with Crippen LogP contribution in [0.15, 0.2) is 12.3 Å². The first-order valence-electron chi connectivity index (χ1n) is 5.21. The molecule has 0 N–H and O–H groups in total. The van der Waals surface area contributed by atoms with Gasteiger partial charge in [0.2, 0.25) is 5.88 Å². The largest absolute Gasteiger partial charge is 0.471 e. The van der Waals surface area contributed by atoms with E-state index < -0.39 is 17.6 Å². The third-order valence-corrected chi connectivity index (χ3v) is 2.62. The average Bonchev–Trinajstić information content (AvgIpc) is 2.63. The van der Waals surface area contributed by atoms with Crippen LogP contribution in [0.1, 0.15) is 12.0 Å². The van der Waals surface area contributed by atoms with Crippen LogP contribution < -0.4 is 4.74 Å². The molecule has 1 fully saturated rings. The summed E-state index contributed by atoms with van der Waals surface area (Å²) in [5.41, 5.74) is -0.873. The number of alkyl halides is 3. The maximum atomic E-state index is 12.6. The molecule has 1 atom stereocenters. The summed E-state index contributed by atoms with van der Waals surface area (Å²) in [5.74, 6) is -0.430. The molecule has 1 aliphatic heterocycles. The van der Waals surface area contributed by atoms with Crippen molar-refractivity contribution >= 4 is 0 Å². The van der Waals surface area contributed by atoms with Crippen molar-refractivity contribution in [1.82, 2.24) is 15.1 Å². The van der Waals surface area contributed by atoms with Crippen LogP contribution in [0.3, 0.4) is 0 Å². The second-order valence-corrected chi connectivity index (χ2v) is 4.04. The highest BCUT2D eigenvalue weighted by molar-refractivity contribution is 5.26. The van der Waals surface area contributed by atoms with E-state index in [0.717, 1.165) is 18.8 Å². The van der Waals surface area contributed by atoms with Gasteiger partial charge >= 0.3 is 6.18 Å². The van der Waals surface area contributed by atoms with Crippen LogP contribution >= 0.6 is 0 Å². The fraction of sp³-hybridized carbons (Fsp3) is 0.600. The lowest BCUT2D eigenvalue weighted by Crippen LogP contribution is -2.23. The summed E-state index contributed by atoms with van der Waals surface area (Å²) >= 11 is 0. The Labute approximate surface area is 96.4 Å². The van der Waals surface area contributed by atoms with Crippen molar-refractivity contribution in [2.24, 2.45) is 0 Å². The molecule has 0 aromatic carbocycles. The molecule has 0 saturated carbocycles. The fourth-order valence-corrected chi connectivity index (χ4v) is 1.77. The molecule has 0 bridgehead atoms. The number of halogens is 3. The number of likely N-dealkylation sites (tertiary alicyclic amines) is 1. The lowest BCUT2D eigenvalue weighted by molar-refractivity contribution is -0.139. The Kier molecular flexibility index (Phi) is 3.19. The van der Waals surface area contributed by atoms with Crippen LogP contribution in [0, 0.1) is 0 Å². The van der Waals surface area contributed by atoms with E-state index in [-0.39, 0.29) is 6.10 Å². The van der Waals surface area contributed by atoms with Crippen LogP contribution in [0.25, 0.3) is 0 Å². The zero-order valence-corrected chi connectivity index (χ0v) is 9.24. The van der Waals surface area contributed by atoms with Gasteiger partial charge in [0.25, 0.3) is 0 Å². The molecule has 1 aromatic rings. The zero-order valence-electron chi connectivity index (χ0n) is 9.24. The van der Waals surface area contributed by atoms with Crippen molar-refractivity contribution in [2.75, 3.05) is 20.1 Å². The third kappa shape index (κ3) is 2.85. The highest BCUT2D eigenvalue weighted by Crippen LogP contribution is 2.35. The molecule has 1 aromatic heterocycles. The van der Waals surface area contributed by atoms with Gasteiger partial charge in [-0.3, -0.25) is 0 Å². The molecule has 0 amide bonds. The van der Waals surface area contributed by atoms with Crippen LogP contribution in [-0.4, -0.2) is 41.3 Å². The van der Waals surface area contributed by atoms with Gasteiger partial charge in [0, 0.05) is 13.1 Å². The molecule has 2 rings (SSSR count). The quantitative estimate of drug-likeness (QED) is 0.795. The van der Waals surface area contributed by atoms with E-state index in [1.165, 1.54) is 0 Å². The van der Waals surface area contributed by atoms with Crippen molar-refractivity contribution in [3.05, 3.63) is 17.8 Å². The summed E-state index contributed by atoms with van der Waals surface area (Å²) in [5, 5.41) is 6.85. The maximum absolute atomic E-state index is 12.6. The number of rotatable bonds is 2. The molecule has 4 nitrogen and oxygen atoms in total. The average molecular weight is 247 g/mol. The first kappa shape index (κ1) is 12.1. The van der Waals surface area contributed by atoms with E-state index in [0.29, 0.717) is 13.0 Å². The number of nitrogens with zero attached hydrogens (tertiary/aromatic N) is 3. The van der Waals surface area contributed by atoms with Gasteiger partial charge in [0.1, 0.15) is 11.7 Å². The first-order valence-corrected chi connectivity index (χ1v) is 5.21. The van der Waals surface area contributed by atoms with Gasteiger partial charge in [-0.15, -0.1) is 5.10 Å². The smallest absolute Gasteiger partial charge is 0.421 e. The SMILES string of the molecule is CN1CCC(Oc2nnccc2C(F)(F)F)C1. The van der Waals surface area contributed by atoms with E-state index >= 15 is 0 Å². The number of aromatic nitrogens is 2. The van der Waals surface area contributed by atoms with E-state index in [9.17, 15) is 13.2 Å². The summed E-state index contributed by atoms with van der Waals surface area (Å²) in [6.07, 6.45) is -3.01. The minimum absolute atomic E-state index is 0.252. The number of hydrogen-bond donors (Lipinski definition) is 0. The molecule has 0 spiro atoms. The topological polar surface area (TPSA) is 38.2 Å². The standard InChI is InChI=1S/C10H12F3N3O/c1-16-5-3-7(6-16)17-9-8(10(11,12)13)2-4-14-15-9/h2,4,7H,3,5-6H2,1H3. The lowest BCUT2D eigenvalue weighted by Gasteiger charge is -2.16. The molecular formula is C10H12F3N3O. The molecule has 1 aliphatic rings. The number of ether oxygens (including phenoxy) is 1. The molecule has 2 heterocycles. The Morgan fingerprint density at radius 1 is 1.47 bits per heavy atom. The maximum Gasteiger partial charge on any atom is 0.421 e. The normalized spacial score (nSPS) is 21.8. The van der Waals surface area contributed by atoms with Gasteiger partial charge in [-0.1, -0.05) is 0 Å². The van der Waals surface area contributed by atoms with E-state index in [1.807, 2.05) is 11.9 Å². The second kappa shape index (κ2) is 4.48. The molecule has 94 valence electrons. The zero-order chi connectivity index (χ0) is 12.5. The second-order valence-electron chi connectivity index (χ2n) is 4.04.